The smallest absolute Gasteiger partial charge is 0.422 e. The summed E-state index contributed by atoms with van der Waals surface area (Å²) in [6.45, 7) is 7.80. The molecule has 1 atom stereocenters. The second kappa shape index (κ2) is 6.71. The normalized spacial score (nSPS) is 13.5. The van der Waals surface area contributed by atoms with Gasteiger partial charge in [-0.2, -0.15) is 13.1 Å². The van der Waals surface area contributed by atoms with Crippen molar-refractivity contribution >= 4 is 22.3 Å². The van der Waals surface area contributed by atoms with E-state index in [1.54, 1.807) is 32.4 Å². The molecule has 0 saturated carbocycles. The molecular formula is C10H20N2O6S. The van der Waals surface area contributed by atoms with Crippen LogP contribution in [0.15, 0.2) is 0 Å². The summed E-state index contributed by atoms with van der Waals surface area (Å²) in [4.78, 5) is 22.5. The van der Waals surface area contributed by atoms with E-state index in [0.29, 0.717) is 0 Å². The minimum absolute atomic E-state index is 0.129. The summed E-state index contributed by atoms with van der Waals surface area (Å²) in [6.07, 6.45) is -1.13. The first kappa shape index (κ1) is 17.6. The number of hydrogen-bond acceptors (Lipinski definition) is 6. The number of carbonyl (C=O) groups excluding carboxylic acids is 2. The Morgan fingerprint density at radius 3 is 2.21 bits per heavy atom. The topological polar surface area (TPSA) is 111 Å². The van der Waals surface area contributed by atoms with E-state index in [9.17, 15) is 18.0 Å². The predicted molar refractivity (Wildman–Crippen MR) is 67.5 cm³/mol. The van der Waals surface area contributed by atoms with E-state index in [4.69, 9.17) is 4.74 Å². The first-order chi connectivity index (χ1) is 8.47. The van der Waals surface area contributed by atoms with Crippen LogP contribution in [0.25, 0.3) is 0 Å². The highest BCUT2D eigenvalue weighted by Gasteiger charge is 2.25. The van der Waals surface area contributed by atoms with Crippen molar-refractivity contribution in [3.05, 3.63) is 0 Å². The standard InChI is InChI=1S/C10H20N2O6S/c1-6-17-8(13)7(2)11-19(15,16)12-9(14)18-10(3,4)5/h7,11H,6H2,1-5H3,(H,12,14)/t7-/m0/s1. The van der Waals surface area contributed by atoms with Crippen LogP contribution < -0.4 is 9.44 Å². The fourth-order valence-corrected chi connectivity index (χ4v) is 1.87. The van der Waals surface area contributed by atoms with Gasteiger partial charge < -0.3 is 9.47 Å². The quantitative estimate of drug-likeness (QED) is 0.706. The third-order valence-corrected chi connectivity index (χ3v) is 2.69. The largest absolute Gasteiger partial charge is 0.465 e. The van der Waals surface area contributed by atoms with Crippen molar-refractivity contribution in [1.82, 2.24) is 9.44 Å². The molecule has 0 aromatic heterocycles. The van der Waals surface area contributed by atoms with Crippen LogP contribution in [0.5, 0.6) is 0 Å². The molecule has 112 valence electrons. The van der Waals surface area contributed by atoms with E-state index in [1.165, 1.54) is 6.92 Å². The second-order valence-corrected chi connectivity index (χ2v) is 6.15. The Bertz CT molecular complexity index is 426. The first-order valence-corrected chi connectivity index (χ1v) is 7.15. The van der Waals surface area contributed by atoms with Gasteiger partial charge in [0.1, 0.15) is 11.6 Å². The zero-order valence-electron chi connectivity index (χ0n) is 11.6. The molecule has 9 heteroatoms. The lowest BCUT2D eigenvalue weighted by atomic mass is 10.2. The minimum Gasteiger partial charge on any atom is -0.465 e. The monoisotopic (exact) mass is 296 g/mol. The van der Waals surface area contributed by atoms with Crippen molar-refractivity contribution in [2.45, 2.75) is 46.3 Å². The second-order valence-electron chi connectivity index (χ2n) is 4.70. The lowest BCUT2D eigenvalue weighted by molar-refractivity contribution is -0.144. The van der Waals surface area contributed by atoms with E-state index >= 15 is 0 Å². The van der Waals surface area contributed by atoms with E-state index in [0.717, 1.165) is 0 Å². The summed E-state index contributed by atoms with van der Waals surface area (Å²) >= 11 is 0. The maximum atomic E-state index is 11.5. The lowest BCUT2D eigenvalue weighted by Crippen LogP contribution is -2.48. The Kier molecular flexibility index (Phi) is 6.23. The summed E-state index contributed by atoms with van der Waals surface area (Å²) in [5.41, 5.74) is -0.827. The Balaban J connectivity index is 4.49. The predicted octanol–water partition coefficient (Wildman–Crippen LogP) is 0.297. The van der Waals surface area contributed by atoms with Crippen LogP contribution in [-0.4, -0.2) is 38.7 Å². The molecule has 19 heavy (non-hydrogen) atoms. The molecule has 0 spiro atoms. The fraction of sp³-hybridized carbons (Fsp3) is 0.800. The zero-order valence-corrected chi connectivity index (χ0v) is 12.5. The van der Waals surface area contributed by atoms with Gasteiger partial charge in [0.25, 0.3) is 0 Å². The number of ether oxygens (including phenoxy) is 2. The highest BCUT2D eigenvalue weighted by molar-refractivity contribution is 7.88. The van der Waals surface area contributed by atoms with Gasteiger partial charge >= 0.3 is 22.3 Å². The number of amides is 1. The molecule has 0 radical (unpaired) electrons. The maximum Gasteiger partial charge on any atom is 0.422 e. The van der Waals surface area contributed by atoms with Gasteiger partial charge in [-0.3, -0.25) is 4.79 Å². The van der Waals surface area contributed by atoms with Gasteiger partial charge in [-0.15, -0.1) is 0 Å². The van der Waals surface area contributed by atoms with Crippen LogP contribution in [0.1, 0.15) is 34.6 Å². The van der Waals surface area contributed by atoms with Crippen molar-refractivity contribution in [3.8, 4) is 0 Å². The summed E-state index contributed by atoms with van der Waals surface area (Å²) in [5.74, 6) is -0.739. The van der Waals surface area contributed by atoms with Gasteiger partial charge in [0.15, 0.2) is 0 Å². The van der Waals surface area contributed by atoms with Gasteiger partial charge in [0, 0.05) is 0 Å². The highest BCUT2D eigenvalue weighted by atomic mass is 32.2. The van der Waals surface area contributed by atoms with Crippen LogP contribution in [-0.2, 0) is 24.5 Å². The molecule has 0 aliphatic rings. The number of carbonyl (C=O) groups is 2. The summed E-state index contributed by atoms with van der Waals surface area (Å²) < 4.78 is 36.0. The van der Waals surface area contributed by atoms with Crippen molar-refractivity contribution in [3.63, 3.8) is 0 Å². The average Bonchev–Trinajstić information content (AvgIpc) is 2.12. The number of rotatable bonds is 5. The van der Waals surface area contributed by atoms with Crippen molar-refractivity contribution in [2.75, 3.05) is 6.61 Å². The van der Waals surface area contributed by atoms with Gasteiger partial charge in [-0.05, 0) is 34.6 Å². The molecule has 0 aliphatic carbocycles. The number of hydrogen-bond donors (Lipinski definition) is 2. The van der Waals surface area contributed by atoms with E-state index in [1.807, 2.05) is 4.72 Å². The lowest BCUT2D eigenvalue weighted by Gasteiger charge is -2.20. The van der Waals surface area contributed by atoms with Crippen LogP contribution in [0.4, 0.5) is 4.79 Å². The molecule has 2 N–H and O–H groups in total. The van der Waals surface area contributed by atoms with Gasteiger partial charge in [0.05, 0.1) is 6.61 Å². The molecule has 0 aromatic carbocycles. The SMILES string of the molecule is CCOC(=O)[C@H](C)NS(=O)(=O)NC(=O)OC(C)(C)C. The van der Waals surface area contributed by atoms with Crippen LogP contribution in [0, 0.1) is 0 Å². The van der Waals surface area contributed by atoms with E-state index in [2.05, 4.69) is 4.74 Å². The summed E-state index contributed by atoms with van der Waals surface area (Å²) in [7, 11) is -4.19. The van der Waals surface area contributed by atoms with Crippen LogP contribution in [0.3, 0.4) is 0 Å². The van der Waals surface area contributed by atoms with Crippen LogP contribution in [0.2, 0.25) is 0 Å². The molecule has 0 saturated heterocycles. The molecule has 8 nitrogen and oxygen atoms in total. The zero-order chi connectivity index (χ0) is 15.3. The Hall–Kier alpha value is -1.35. The molecule has 0 aromatic rings. The number of esters is 1. The summed E-state index contributed by atoms with van der Waals surface area (Å²) in [5, 5.41) is 0. The van der Waals surface area contributed by atoms with Crippen molar-refractivity contribution in [1.29, 1.82) is 0 Å². The highest BCUT2D eigenvalue weighted by Crippen LogP contribution is 2.06. The van der Waals surface area contributed by atoms with Crippen LogP contribution >= 0.6 is 0 Å². The maximum absolute atomic E-state index is 11.5. The summed E-state index contributed by atoms with van der Waals surface area (Å²) in [6, 6.07) is -1.11. The van der Waals surface area contributed by atoms with E-state index < -0.39 is 33.9 Å². The van der Waals surface area contributed by atoms with Crippen molar-refractivity contribution in [2.24, 2.45) is 0 Å². The first-order valence-electron chi connectivity index (χ1n) is 5.66. The fourth-order valence-electron chi connectivity index (χ4n) is 0.986. The van der Waals surface area contributed by atoms with E-state index in [-0.39, 0.29) is 6.61 Å². The molecule has 0 bridgehead atoms. The minimum atomic E-state index is -4.19. The molecular weight excluding hydrogens is 276 g/mol. The molecule has 0 fully saturated rings. The van der Waals surface area contributed by atoms with Gasteiger partial charge in [-0.25, -0.2) is 9.52 Å². The molecule has 0 unspecified atom stereocenters. The molecule has 0 aliphatic heterocycles. The molecule has 0 rings (SSSR count). The Morgan fingerprint density at radius 1 is 1.26 bits per heavy atom. The van der Waals surface area contributed by atoms with Gasteiger partial charge in [-0.1, -0.05) is 0 Å². The molecule has 1 amide bonds. The third kappa shape index (κ3) is 8.38. The number of nitrogens with one attached hydrogen (secondary N) is 2. The Labute approximate surface area is 113 Å². The van der Waals surface area contributed by atoms with Crippen molar-refractivity contribution < 1.29 is 27.5 Å². The third-order valence-electron chi connectivity index (χ3n) is 1.59. The molecule has 0 heterocycles. The Morgan fingerprint density at radius 2 is 1.79 bits per heavy atom. The van der Waals surface area contributed by atoms with Gasteiger partial charge in [0.2, 0.25) is 0 Å². The average molecular weight is 296 g/mol.